The molecule has 0 aliphatic carbocycles. The van der Waals surface area contributed by atoms with Crippen LogP contribution in [0.15, 0.2) is 35.7 Å². The largest absolute Gasteiger partial charge is 0.374 e. The van der Waals surface area contributed by atoms with Crippen LogP contribution in [0.4, 0.5) is 5.69 Å². The van der Waals surface area contributed by atoms with Crippen molar-refractivity contribution in [3.63, 3.8) is 0 Å². The molecule has 104 valence electrons. The number of amides is 1. The molecule has 2 aromatic rings. The van der Waals surface area contributed by atoms with E-state index in [4.69, 9.17) is 18.0 Å². The fourth-order valence-corrected chi connectivity index (χ4v) is 2.74. The second-order valence-corrected chi connectivity index (χ2v) is 5.72. The predicted molar refractivity (Wildman–Crippen MR) is 87.0 cm³/mol. The number of nitrogens with zero attached hydrogens (tertiary/aromatic N) is 1. The number of carbonyl (C=O) groups is 1. The van der Waals surface area contributed by atoms with Crippen LogP contribution in [-0.4, -0.2) is 11.0 Å². The van der Waals surface area contributed by atoms with Crippen LogP contribution in [0.3, 0.4) is 0 Å². The van der Waals surface area contributed by atoms with Gasteiger partial charge in [-0.15, -0.1) is 11.3 Å². The summed E-state index contributed by atoms with van der Waals surface area (Å²) in [5, 5.41) is 3.39. The Hall–Kier alpha value is -1.92. The van der Waals surface area contributed by atoms with Gasteiger partial charge in [0.1, 0.15) is 0 Å². The summed E-state index contributed by atoms with van der Waals surface area (Å²) in [4.78, 5) is 12.9. The van der Waals surface area contributed by atoms with E-state index < -0.39 is 0 Å². The molecule has 0 bridgehead atoms. The maximum atomic E-state index is 12.2. The standard InChI is InChI=1S/C14H15N3OS2/c1-9-4-3-5-11(8-9)17(14(15)19)16-13(18)12-10(2)6-7-20-12/h3-8H,1-2H3,(H2,15,19)(H,16,18). The van der Waals surface area contributed by atoms with Crippen LogP contribution in [0.1, 0.15) is 20.8 Å². The van der Waals surface area contributed by atoms with Crippen LogP contribution in [0.2, 0.25) is 0 Å². The van der Waals surface area contributed by atoms with Crippen molar-refractivity contribution in [2.75, 3.05) is 5.01 Å². The van der Waals surface area contributed by atoms with Crippen LogP contribution < -0.4 is 16.2 Å². The van der Waals surface area contributed by atoms with Gasteiger partial charge in [-0.2, -0.15) is 0 Å². The molecule has 3 N–H and O–H groups in total. The zero-order valence-electron chi connectivity index (χ0n) is 11.2. The molecule has 0 fully saturated rings. The Kier molecular flexibility index (Phi) is 4.36. The van der Waals surface area contributed by atoms with E-state index in [9.17, 15) is 4.79 Å². The monoisotopic (exact) mass is 305 g/mol. The third-order valence-corrected chi connectivity index (χ3v) is 3.96. The maximum absolute atomic E-state index is 12.2. The molecule has 6 heteroatoms. The van der Waals surface area contributed by atoms with Gasteiger partial charge in [0.05, 0.1) is 10.6 Å². The maximum Gasteiger partial charge on any atom is 0.280 e. The van der Waals surface area contributed by atoms with E-state index in [-0.39, 0.29) is 11.0 Å². The van der Waals surface area contributed by atoms with Crippen LogP contribution in [0.5, 0.6) is 0 Å². The number of carbonyl (C=O) groups excluding carboxylic acids is 1. The van der Waals surface area contributed by atoms with Gasteiger partial charge in [-0.25, -0.2) is 5.01 Å². The lowest BCUT2D eigenvalue weighted by Crippen LogP contribution is -2.49. The molecule has 0 aliphatic rings. The minimum atomic E-state index is -0.216. The zero-order valence-corrected chi connectivity index (χ0v) is 12.8. The second kappa shape index (κ2) is 6.02. The molecule has 1 amide bonds. The lowest BCUT2D eigenvalue weighted by atomic mass is 10.2. The summed E-state index contributed by atoms with van der Waals surface area (Å²) in [5.74, 6) is -0.216. The molecular weight excluding hydrogens is 290 g/mol. The van der Waals surface area contributed by atoms with Gasteiger partial charge in [0.25, 0.3) is 5.91 Å². The molecule has 4 nitrogen and oxygen atoms in total. The summed E-state index contributed by atoms with van der Waals surface area (Å²) in [5.41, 5.74) is 11.2. The first-order chi connectivity index (χ1) is 9.49. The van der Waals surface area contributed by atoms with Gasteiger partial charge in [0.2, 0.25) is 0 Å². The molecule has 0 radical (unpaired) electrons. The summed E-state index contributed by atoms with van der Waals surface area (Å²) in [7, 11) is 0. The van der Waals surface area contributed by atoms with E-state index in [0.717, 1.165) is 16.8 Å². The molecule has 1 heterocycles. The third-order valence-electron chi connectivity index (χ3n) is 2.76. The number of anilines is 1. The fourth-order valence-electron chi connectivity index (χ4n) is 1.77. The number of benzene rings is 1. The zero-order chi connectivity index (χ0) is 14.7. The Morgan fingerprint density at radius 3 is 2.65 bits per heavy atom. The van der Waals surface area contributed by atoms with Crippen LogP contribution >= 0.6 is 23.6 Å². The minimum absolute atomic E-state index is 0.0955. The fraction of sp³-hybridized carbons (Fsp3) is 0.143. The second-order valence-electron chi connectivity index (χ2n) is 4.39. The molecule has 20 heavy (non-hydrogen) atoms. The van der Waals surface area contributed by atoms with Gasteiger partial charge in [-0.1, -0.05) is 12.1 Å². The van der Waals surface area contributed by atoms with Crippen molar-refractivity contribution in [1.29, 1.82) is 0 Å². The molecule has 1 aromatic carbocycles. The number of aryl methyl sites for hydroxylation is 2. The number of hydrogen-bond donors (Lipinski definition) is 2. The van der Waals surface area contributed by atoms with Crippen molar-refractivity contribution in [2.45, 2.75) is 13.8 Å². The van der Waals surface area contributed by atoms with Gasteiger partial charge in [-0.05, 0) is 60.8 Å². The van der Waals surface area contributed by atoms with Crippen molar-refractivity contribution in [3.8, 4) is 0 Å². The normalized spacial score (nSPS) is 10.1. The van der Waals surface area contributed by atoms with Crippen molar-refractivity contribution in [2.24, 2.45) is 5.73 Å². The Bertz CT molecular complexity index is 651. The molecule has 1 aromatic heterocycles. The number of thiocarbonyl (C=S) groups is 1. The number of hydrazine groups is 1. The summed E-state index contributed by atoms with van der Waals surface area (Å²) in [6.07, 6.45) is 0. The minimum Gasteiger partial charge on any atom is -0.374 e. The highest BCUT2D eigenvalue weighted by atomic mass is 32.1. The summed E-state index contributed by atoms with van der Waals surface area (Å²) in [6.45, 7) is 3.86. The molecule has 0 saturated carbocycles. The summed E-state index contributed by atoms with van der Waals surface area (Å²) >= 11 is 6.40. The number of hydrogen-bond acceptors (Lipinski definition) is 3. The van der Waals surface area contributed by atoms with Crippen LogP contribution in [-0.2, 0) is 0 Å². The van der Waals surface area contributed by atoms with Gasteiger partial charge in [0.15, 0.2) is 5.11 Å². The molecular formula is C14H15N3OS2. The SMILES string of the molecule is Cc1cccc(N(NC(=O)c2sccc2C)C(N)=S)c1. The smallest absolute Gasteiger partial charge is 0.280 e. The highest BCUT2D eigenvalue weighted by Gasteiger charge is 2.16. The highest BCUT2D eigenvalue weighted by Crippen LogP contribution is 2.18. The topological polar surface area (TPSA) is 58.4 Å². The van der Waals surface area contributed by atoms with E-state index in [1.165, 1.54) is 16.3 Å². The number of thiophene rings is 1. The first-order valence-electron chi connectivity index (χ1n) is 6.00. The van der Waals surface area contributed by atoms with E-state index in [1.807, 2.05) is 49.6 Å². The first kappa shape index (κ1) is 14.5. The third kappa shape index (κ3) is 3.15. The molecule has 0 aliphatic heterocycles. The number of nitrogens with one attached hydrogen (secondary N) is 1. The molecule has 0 unspecified atom stereocenters. The molecule has 0 atom stereocenters. The van der Waals surface area contributed by atoms with Crippen LogP contribution in [0, 0.1) is 13.8 Å². The van der Waals surface area contributed by atoms with Gasteiger partial charge in [0, 0.05) is 0 Å². The first-order valence-corrected chi connectivity index (χ1v) is 7.29. The van der Waals surface area contributed by atoms with E-state index in [0.29, 0.717) is 4.88 Å². The predicted octanol–water partition coefficient (Wildman–Crippen LogP) is 2.76. The van der Waals surface area contributed by atoms with Gasteiger partial charge >= 0.3 is 0 Å². The Morgan fingerprint density at radius 1 is 1.35 bits per heavy atom. The molecule has 2 rings (SSSR count). The van der Waals surface area contributed by atoms with Crippen molar-refractivity contribution < 1.29 is 4.79 Å². The van der Waals surface area contributed by atoms with E-state index in [2.05, 4.69) is 5.43 Å². The average Bonchev–Trinajstić information content (AvgIpc) is 2.81. The van der Waals surface area contributed by atoms with Crippen LogP contribution in [0.25, 0.3) is 0 Å². The van der Waals surface area contributed by atoms with Crippen molar-refractivity contribution in [3.05, 3.63) is 51.7 Å². The quantitative estimate of drug-likeness (QED) is 0.661. The molecule has 0 spiro atoms. The molecule has 0 saturated heterocycles. The Balaban J connectivity index is 2.25. The number of rotatable bonds is 2. The lowest BCUT2D eigenvalue weighted by Gasteiger charge is -2.23. The van der Waals surface area contributed by atoms with Crippen molar-refractivity contribution in [1.82, 2.24) is 5.43 Å². The Labute approximate surface area is 127 Å². The average molecular weight is 305 g/mol. The van der Waals surface area contributed by atoms with E-state index in [1.54, 1.807) is 0 Å². The summed E-state index contributed by atoms with van der Waals surface area (Å²) in [6, 6.07) is 9.50. The highest BCUT2D eigenvalue weighted by molar-refractivity contribution is 7.80. The number of nitrogens with two attached hydrogens (primary N) is 1. The Morgan fingerprint density at radius 2 is 2.10 bits per heavy atom. The lowest BCUT2D eigenvalue weighted by molar-refractivity contribution is 0.0958. The van der Waals surface area contributed by atoms with E-state index >= 15 is 0 Å². The summed E-state index contributed by atoms with van der Waals surface area (Å²) < 4.78 is 0. The van der Waals surface area contributed by atoms with Gasteiger partial charge < -0.3 is 5.73 Å². The van der Waals surface area contributed by atoms with Gasteiger partial charge in [-0.3, -0.25) is 10.2 Å². The van der Waals surface area contributed by atoms with Crippen molar-refractivity contribution >= 4 is 40.3 Å².